The first kappa shape index (κ1) is 13.0. The number of rotatable bonds is 4. The molecular formula is C13H27NO. The topological polar surface area (TPSA) is 35.2 Å². The zero-order chi connectivity index (χ0) is 11.5. The van der Waals surface area contributed by atoms with Crippen molar-refractivity contribution in [3.63, 3.8) is 0 Å². The van der Waals surface area contributed by atoms with Gasteiger partial charge in [-0.05, 0) is 17.8 Å². The molecule has 0 heterocycles. The second kappa shape index (κ2) is 5.31. The van der Waals surface area contributed by atoms with Crippen LogP contribution in [0.3, 0.4) is 0 Å². The van der Waals surface area contributed by atoms with E-state index in [2.05, 4.69) is 20.8 Å². The van der Waals surface area contributed by atoms with E-state index < -0.39 is 0 Å². The Balaban J connectivity index is 2.45. The Labute approximate surface area is 94.6 Å². The summed E-state index contributed by atoms with van der Waals surface area (Å²) in [6.45, 7) is 6.61. The third-order valence-corrected chi connectivity index (χ3v) is 3.58. The summed E-state index contributed by atoms with van der Waals surface area (Å²) in [6, 6.07) is 0.193. The quantitative estimate of drug-likeness (QED) is 0.779. The largest absolute Gasteiger partial charge is 0.379 e. The van der Waals surface area contributed by atoms with Gasteiger partial charge in [0.05, 0.1) is 6.10 Å². The van der Waals surface area contributed by atoms with Crippen molar-refractivity contribution in [2.75, 3.05) is 7.11 Å². The zero-order valence-corrected chi connectivity index (χ0v) is 10.8. The molecule has 0 aromatic carbocycles. The van der Waals surface area contributed by atoms with Gasteiger partial charge in [-0.15, -0.1) is 0 Å². The highest BCUT2D eigenvalue weighted by molar-refractivity contribution is 4.86. The highest BCUT2D eigenvalue weighted by Gasteiger charge is 2.32. The van der Waals surface area contributed by atoms with Gasteiger partial charge >= 0.3 is 0 Å². The van der Waals surface area contributed by atoms with Crippen LogP contribution in [0.4, 0.5) is 0 Å². The van der Waals surface area contributed by atoms with Crippen molar-refractivity contribution < 1.29 is 4.74 Å². The van der Waals surface area contributed by atoms with Crippen molar-refractivity contribution in [3.05, 3.63) is 0 Å². The van der Waals surface area contributed by atoms with Crippen molar-refractivity contribution in [3.8, 4) is 0 Å². The number of methoxy groups -OCH3 is 1. The Morgan fingerprint density at radius 2 is 1.80 bits per heavy atom. The SMILES string of the molecule is COC(C(N)CC1CCCC1)C(C)(C)C. The maximum absolute atomic E-state index is 6.27. The molecule has 0 saturated heterocycles. The Bertz CT molecular complexity index is 179. The molecule has 15 heavy (non-hydrogen) atoms. The molecule has 0 spiro atoms. The van der Waals surface area contributed by atoms with Gasteiger partial charge in [0.15, 0.2) is 0 Å². The molecule has 0 aromatic rings. The van der Waals surface area contributed by atoms with Crippen molar-refractivity contribution in [2.45, 2.75) is 65.0 Å². The molecule has 0 aromatic heterocycles. The minimum absolute atomic E-state index is 0.146. The molecule has 1 fully saturated rings. The third kappa shape index (κ3) is 3.76. The predicted octanol–water partition coefficient (Wildman–Crippen LogP) is 2.96. The van der Waals surface area contributed by atoms with Crippen molar-refractivity contribution in [1.29, 1.82) is 0 Å². The van der Waals surface area contributed by atoms with Crippen LogP contribution in [0.5, 0.6) is 0 Å². The van der Waals surface area contributed by atoms with Gasteiger partial charge in [0, 0.05) is 13.2 Å². The standard InChI is InChI=1S/C13H27NO/c1-13(2,3)12(15-4)11(14)9-10-7-5-6-8-10/h10-12H,5-9,14H2,1-4H3. The van der Waals surface area contributed by atoms with Gasteiger partial charge in [0.2, 0.25) is 0 Å². The van der Waals surface area contributed by atoms with Crippen molar-refractivity contribution in [2.24, 2.45) is 17.1 Å². The van der Waals surface area contributed by atoms with Gasteiger partial charge in [0.25, 0.3) is 0 Å². The van der Waals surface area contributed by atoms with E-state index in [9.17, 15) is 0 Å². The number of hydrogen-bond acceptors (Lipinski definition) is 2. The van der Waals surface area contributed by atoms with E-state index in [0.717, 1.165) is 12.3 Å². The van der Waals surface area contributed by atoms with E-state index in [1.165, 1.54) is 25.7 Å². The molecule has 1 aliphatic carbocycles. The zero-order valence-electron chi connectivity index (χ0n) is 10.8. The lowest BCUT2D eigenvalue weighted by atomic mass is 9.81. The van der Waals surface area contributed by atoms with Crippen molar-refractivity contribution >= 4 is 0 Å². The highest BCUT2D eigenvalue weighted by atomic mass is 16.5. The second-order valence-corrected chi connectivity index (χ2v) is 6.07. The fourth-order valence-electron chi connectivity index (χ4n) is 2.93. The van der Waals surface area contributed by atoms with Crippen LogP contribution in [0.25, 0.3) is 0 Å². The van der Waals surface area contributed by atoms with Crippen LogP contribution in [0.1, 0.15) is 52.9 Å². The van der Waals surface area contributed by atoms with Crippen LogP contribution in [0.2, 0.25) is 0 Å². The van der Waals surface area contributed by atoms with Gasteiger partial charge in [-0.3, -0.25) is 0 Å². The Morgan fingerprint density at radius 1 is 1.27 bits per heavy atom. The lowest BCUT2D eigenvalue weighted by molar-refractivity contribution is -0.00686. The summed E-state index contributed by atoms with van der Waals surface area (Å²) in [5.41, 5.74) is 6.42. The first-order chi connectivity index (χ1) is 6.95. The van der Waals surface area contributed by atoms with Crippen LogP contribution in [-0.4, -0.2) is 19.3 Å². The maximum atomic E-state index is 6.27. The predicted molar refractivity (Wildman–Crippen MR) is 64.8 cm³/mol. The molecule has 0 bridgehead atoms. The van der Waals surface area contributed by atoms with Crippen LogP contribution in [0, 0.1) is 11.3 Å². The molecule has 1 rings (SSSR count). The Morgan fingerprint density at radius 3 is 2.20 bits per heavy atom. The monoisotopic (exact) mass is 213 g/mol. The molecule has 0 aliphatic heterocycles. The smallest absolute Gasteiger partial charge is 0.0770 e. The summed E-state index contributed by atoms with van der Waals surface area (Å²) in [6.07, 6.45) is 6.84. The summed E-state index contributed by atoms with van der Waals surface area (Å²) < 4.78 is 5.56. The molecule has 1 aliphatic rings. The first-order valence-electron chi connectivity index (χ1n) is 6.23. The van der Waals surface area contributed by atoms with Gasteiger partial charge in [0.1, 0.15) is 0 Å². The average Bonchev–Trinajstić information content (AvgIpc) is 2.54. The fraction of sp³-hybridized carbons (Fsp3) is 1.00. The van der Waals surface area contributed by atoms with E-state index in [4.69, 9.17) is 10.5 Å². The minimum atomic E-state index is 0.146. The van der Waals surface area contributed by atoms with Gasteiger partial charge in [-0.2, -0.15) is 0 Å². The second-order valence-electron chi connectivity index (χ2n) is 6.07. The maximum Gasteiger partial charge on any atom is 0.0770 e. The summed E-state index contributed by atoms with van der Waals surface area (Å²) >= 11 is 0. The van der Waals surface area contributed by atoms with E-state index in [1.54, 1.807) is 7.11 Å². The van der Waals surface area contributed by atoms with Gasteiger partial charge in [-0.1, -0.05) is 46.5 Å². The molecule has 1 saturated carbocycles. The normalized spacial score (nSPS) is 23.0. The molecule has 2 nitrogen and oxygen atoms in total. The molecule has 0 radical (unpaired) electrons. The summed E-state index contributed by atoms with van der Waals surface area (Å²) in [4.78, 5) is 0. The summed E-state index contributed by atoms with van der Waals surface area (Å²) in [5.74, 6) is 0.847. The number of nitrogens with two attached hydrogens (primary N) is 1. The first-order valence-corrected chi connectivity index (χ1v) is 6.23. The molecule has 2 atom stereocenters. The van der Waals surface area contributed by atoms with Crippen LogP contribution in [-0.2, 0) is 4.74 Å². The van der Waals surface area contributed by atoms with Gasteiger partial charge in [-0.25, -0.2) is 0 Å². The fourth-order valence-corrected chi connectivity index (χ4v) is 2.93. The Kier molecular flexibility index (Phi) is 4.60. The Hall–Kier alpha value is -0.0800. The lowest BCUT2D eigenvalue weighted by Crippen LogP contribution is -2.45. The molecule has 0 amide bonds. The molecule has 2 N–H and O–H groups in total. The van der Waals surface area contributed by atoms with E-state index >= 15 is 0 Å². The third-order valence-electron chi connectivity index (χ3n) is 3.58. The average molecular weight is 213 g/mol. The summed E-state index contributed by atoms with van der Waals surface area (Å²) in [5, 5.41) is 0. The van der Waals surface area contributed by atoms with Crippen LogP contribution < -0.4 is 5.73 Å². The molecular weight excluding hydrogens is 186 g/mol. The van der Waals surface area contributed by atoms with Crippen LogP contribution >= 0.6 is 0 Å². The lowest BCUT2D eigenvalue weighted by Gasteiger charge is -2.35. The summed E-state index contributed by atoms with van der Waals surface area (Å²) in [7, 11) is 1.78. The van der Waals surface area contributed by atoms with E-state index in [1.807, 2.05) is 0 Å². The van der Waals surface area contributed by atoms with Gasteiger partial charge < -0.3 is 10.5 Å². The number of ether oxygens (including phenoxy) is 1. The highest BCUT2D eigenvalue weighted by Crippen LogP contribution is 2.32. The van der Waals surface area contributed by atoms with Crippen LogP contribution in [0.15, 0.2) is 0 Å². The molecule has 2 heteroatoms. The number of hydrogen-bond donors (Lipinski definition) is 1. The van der Waals surface area contributed by atoms with Crippen molar-refractivity contribution in [1.82, 2.24) is 0 Å². The van der Waals surface area contributed by atoms with E-state index in [-0.39, 0.29) is 17.6 Å². The molecule has 90 valence electrons. The minimum Gasteiger partial charge on any atom is -0.379 e. The molecule has 2 unspecified atom stereocenters. The van der Waals surface area contributed by atoms with E-state index in [0.29, 0.717) is 0 Å².